The summed E-state index contributed by atoms with van der Waals surface area (Å²) in [7, 11) is 3.27. The first-order chi connectivity index (χ1) is 8.74. The first kappa shape index (κ1) is 11.8. The van der Waals surface area contributed by atoms with Crippen LogP contribution in [0.25, 0.3) is 0 Å². The second-order valence-electron chi connectivity index (χ2n) is 5.43. The molecule has 0 bridgehead atoms. The average molecular weight is 248 g/mol. The standard InChI is InChI=1S/C15H20O3/c1-17-10-6-9(7-11(8-10)18-2)15(16)14-12-4-3-5-13(12)14/h6-8,12-16H,3-5H2,1-2H3. The highest BCUT2D eigenvalue weighted by molar-refractivity contribution is 5.40. The molecule has 3 rings (SSSR count). The van der Waals surface area contributed by atoms with E-state index in [1.54, 1.807) is 14.2 Å². The summed E-state index contributed by atoms with van der Waals surface area (Å²) in [5.74, 6) is 3.44. The number of benzene rings is 1. The molecule has 0 aliphatic heterocycles. The normalized spacial score (nSPS) is 30.7. The maximum absolute atomic E-state index is 10.5. The van der Waals surface area contributed by atoms with Crippen LogP contribution in [0.2, 0.25) is 0 Å². The van der Waals surface area contributed by atoms with Crippen LogP contribution in [0.4, 0.5) is 0 Å². The van der Waals surface area contributed by atoms with E-state index < -0.39 is 0 Å². The number of aliphatic hydroxyl groups is 1. The molecule has 0 spiro atoms. The van der Waals surface area contributed by atoms with Crippen LogP contribution < -0.4 is 9.47 Å². The molecule has 3 unspecified atom stereocenters. The third-order valence-corrected chi connectivity index (χ3v) is 4.55. The lowest BCUT2D eigenvalue weighted by molar-refractivity contribution is 0.136. The number of hydrogen-bond donors (Lipinski definition) is 1. The maximum atomic E-state index is 10.5. The predicted molar refractivity (Wildman–Crippen MR) is 68.8 cm³/mol. The summed E-state index contributed by atoms with van der Waals surface area (Å²) < 4.78 is 10.5. The number of methoxy groups -OCH3 is 2. The Morgan fingerprint density at radius 2 is 1.61 bits per heavy atom. The SMILES string of the molecule is COc1cc(OC)cc(C(O)C2C3CCCC32)c1. The molecule has 2 fully saturated rings. The minimum atomic E-state index is -0.371. The summed E-state index contributed by atoms with van der Waals surface area (Å²) in [5.41, 5.74) is 0.922. The molecule has 98 valence electrons. The van der Waals surface area contributed by atoms with Gasteiger partial charge >= 0.3 is 0 Å². The first-order valence-corrected chi connectivity index (χ1v) is 6.65. The van der Waals surface area contributed by atoms with Gasteiger partial charge in [-0.1, -0.05) is 6.42 Å². The van der Waals surface area contributed by atoms with Gasteiger partial charge in [0.25, 0.3) is 0 Å². The summed E-state index contributed by atoms with van der Waals surface area (Å²) in [6.07, 6.45) is 3.53. The summed E-state index contributed by atoms with van der Waals surface area (Å²) in [6, 6.07) is 5.67. The number of ether oxygens (including phenoxy) is 2. The Kier molecular flexibility index (Phi) is 2.94. The number of rotatable bonds is 4. The van der Waals surface area contributed by atoms with E-state index in [-0.39, 0.29) is 6.10 Å². The molecule has 2 saturated carbocycles. The van der Waals surface area contributed by atoms with E-state index in [0.29, 0.717) is 5.92 Å². The Bertz CT molecular complexity index is 411. The molecular formula is C15H20O3. The van der Waals surface area contributed by atoms with Gasteiger partial charge in [-0.25, -0.2) is 0 Å². The molecule has 0 amide bonds. The quantitative estimate of drug-likeness (QED) is 0.890. The van der Waals surface area contributed by atoms with Crippen LogP contribution in [-0.4, -0.2) is 19.3 Å². The molecule has 3 nitrogen and oxygen atoms in total. The number of hydrogen-bond acceptors (Lipinski definition) is 3. The Balaban J connectivity index is 1.82. The van der Waals surface area contributed by atoms with Gasteiger partial charge in [-0.05, 0) is 48.3 Å². The molecule has 1 aromatic carbocycles. The van der Waals surface area contributed by atoms with E-state index in [2.05, 4.69) is 0 Å². The van der Waals surface area contributed by atoms with Crippen LogP contribution in [0.3, 0.4) is 0 Å². The Hall–Kier alpha value is -1.22. The first-order valence-electron chi connectivity index (χ1n) is 6.65. The van der Waals surface area contributed by atoms with Crippen molar-refractivity contribution in [2.45, 2.75) is 25.4 Å². The van der Waals surface area contributed by atoms with Crippen molar-refractivity contribution in [3.8, 4) is 11.5 Å². The van der Waals surface area contributed by atoms with Crippen molar-refractivity contribution < 1.29 is 14.6 Å². The predicted octanol–water partition coefficient (Wildman–Crippen LogP) is 2.78. The van der Waals surface area contributed by atoms with E-state index in [1.807, 2.05) is 18.2 Å². The van der Waals surface area contributed by atoms with Crippen molar-refractivity contribution in [1.29, 1.82) is 0 Å². The highest BCUT2D eigenvalue weighted by Gasteiger charge is 2.55. The van der Waals surface area contributed by atoms with Gasteiger partial charge in [-0.15, -0.1) is 0 Å². The molecule has 0 saturated heterocycles. The fraction of sp³-hybridized carbons (Fsp3) is 0.600. The molecule has 1 aromatic rings. The van der Waals surface area contributed by atoms with E-state index in [9.17, 15) is 5.11 Å². The van der Waals surface area contributed by atoms with Gasteiger partial charge < -0.3 is 14.6 Å². The lowest BCUT2D eigenvalue weighted by Crippen LogP contribution is -2.05. The van der Waals surface area contributed by atoms with Crippen LogP contribution >= 0.6 is 0 Å². The summed E-state index contributed by atoms with van der Waals surface area (Å²) >= 11 is 0. The highest BCUT2D eigenvalue weighted by atomic mass is 16.5. The van der Waals surface area contributed by atoms with Gasteiger partial charge in [0.1, 0.15) is 11.5 Å². The van der Waals surface area contributed by atoms with Crippen molar-refractivity contribution in [2.75, 3.05) is 14.2 Å². The molecule has 2 aliphatic carbocycles. The Labute approximate surface area is 108 Å². The third kappa shape index (κ3) is 1.87. The van der Waals surface area contributed by atoms with Gasteiger partial charge in [0.15, 0.2) is 0 Å². The van der Waals surface area contributed by atoms with Crippen molar-refractivity contribution in [1.82, 2.24) is 0 Å². The molecule has 3 atom stereocenters. The molecule has 0 aromatic heterocycles. The van der Waals surface area contributed by atoms with Crippen LogP contribution in [0.1, 0.15) is 30.9 Å². The fourth-order valence-corrected chi connectivity index (χ4v) is 3.57. The van der Waals surface area contributed by atoms with Crippen molar-refractivity contribution in [2.24, 2.45) is 17.8 Å². The Morgan fingerprint density at radius 3 is 2.11 bits per heavy atom. The molecule has 1 N–H and O–H groups in total. The lowest BCUT2D eigenvalue weighted by Gasteiger charge is -2.15. The lowest BCUT2D eigenvalue weighted by atomic mass is 9.99. The third-order valence-electron chi connectivity index (χ3n) is 4.55. The van der Waals surface area contributed by atoms with E-state index in [0.717, 1.165) is 28.9 Å². The highest BCUT2D eigenvalue weighted by Crippen LogP contribution is 2.62. The monoisotopic (exact) mass is 248 g/mol. The van der Waals surface area contributed by atoms with Crippen molar-refractivity contribution in [3.05, 3.63) is 23.8 Å². The largest absolute Gasteiger partial charge is 0.497 e. The molecule has 3 heteroatoms. The summed E-state index contributed by atoms with van der Waals surface area (Å²) in [4.78, 5) is 0. The number of fused-ring (bicyclic) bond motifs is 1. The summed E-state index contributed by atoms with van der Waals surface area (Å²) in [5, 5.41) is 10.5. The molecule has 18 heavy (non-hydrogen) atoms. The zero-order chi connectivity index (χ0) is 12.7. The van der Waals surface area contributed by atoms with Crippen molar-refractivity contribution >= 4 is 0 Å². The second kappa shape index (κ2) is 4.47. The van der Waals surface area contributed by atoms with Gasteiger partial charge in [0.2, 0.25) is 0 Å². The van der Waals surface area contributed by atoms with Gasteiger partial charge in [-0.2, -0.15) is 0 Å². The topological polar surface area (TPSA) is 38.7 Å². The smallest absolute Gasteiger partial charge is 0.122 e. The zero-order valence-corrected chi connectivity index (χ0v) is 10.9. The summed E-state index contributed by atoms with van der Waals surface area (Å²) in [6.45, 7) is 0. The zero-order valence-electron chi connectivity index (χ0n) is 10.9. The van der Waals surface area contributed by atoms with Gasteiger partial charge in [-0.3, -0.25) is 0 Å². The molecule has 0 heterocycles. The second-order valence-corrected chi connectivity index (χ2v) is 5.43. The Morgan fingerprint density at radius 1 is 1.06 bits per heavy atom. The number of aliphatic hydroxyl groups excluding tert-OH is 1. The minimum Gasteiger partial charge on any atom is -0.497 e. The molecular weight excluding hydrogens is 228 g/mol. The average Bonchev–Trinajstić information content (AvgIpc) is 2.89. The molecule has 0 radical (unpaired) electrons. The van der Waals surface area contributed by atoms with Gasteiger partial charge in [0.05, 0.1) is 20.3 Å². The molecule has 2 aliphatic rings. The van der Waals surface area contributed by atoms with Crippen LogP contribution in [0.5, 0.6) is 11.5 Å². The van der Waals surface area contributed by atoms with E-state index >= 15 is 0 Å². The van der Waals surface area contributed by atoms with E-state index in [1.165, 1.54) is 19.3 Å². The van der Waals surface area contributed by atoms with Crippen LogP contribution in [0.15, 0.2) is 18.2 Å². The van der Waals surface area contributed by atoms with Crippen molar-refractivity contribution in [3.63, 3.8) is 0 Å². The minimum absolute atomic E-state index is 0.371. The fourth-order valence-electron chi connectivity index (χ4n) is 3.57. The van der Waals surface area contributed by atoms with Crippen LogP contribution in [0, 0.1) is 17.8 Å². The maximum Gasteiger partial charge on any atom is 0.122 e. The van der Waals surface area contributed by atoms with E-state index in [4.69, 9.17) is 9.47 Å². The van der Waals surface area contributed by atoms with Crippen LogP contribution in [-0.2, 0) is 0 Å². The van der Waals surface area contributed by atoms with Gasteiger partial charge in [0, 0.05) is 6.07 Å².